The summed E-state index contributed by atoms with van der Waals surface area (Å²) in [5.41, 5.74) is -0.0605. The lowest BCUT2D eigenvalue weighted by Crippen LogP contribution is -2.55. The first kappa shape index (κ1) is 18.6. The van der Waals surface area contributed by atoms with Crippen molar-refractivity contribution < 1.29 is 19.4 Å². The Morgan fingerprint density at radius 1 is 1.27 bits per heavy atom. The SMILES string of the molecule is C#CC(=O)N(c1ccc(N2CCOCC2)c(Cl)c1)C1(C(=O)O)CCCC1. The minimum Gasteiger partial charge on any atom is -0.479 e. The van der Waals surface area contributed by atoms with Gasteiger partial charge in [0.25, 0.3) is 0 Å². The Balaban J connectivity index is 2.00. The number of carbonyl (C=O) groups excluding carboxylic acids is 1. The molecule has 7 heteroatoms. The number of nitrogens with zero attached hydrogens (tertiary/aromatic N) is 2. The van der Waals surface area contributed by atoms with E-state index < -0.39 is 17.4 Å². The number of rotatable bonds is 4. The van der Waals surface area contributed by atoms with E-state index >= 15 is 0 Å². The van der Waals surface area contributed by atoms with Crippen molar-refractivity contribution in [3.05, 3.63) is 23.2 Å². The van der Waals surface area contributed by atoms with Crippen molar-refractivity contribution >= 4 is 34.9 Å². The maximum atomic E-state index is 12.5. The van der Waals surface area contributed by atoms with E-state index in [0.717, 1.165) is 31.6 Å². The highest BCUT2D eigenvalue weighted by Gasteiger charge is 2.49. The number of carboxylic acids is 1. The van der Waals surface area contributed by atoms with Crippen molar-refractivity contribution in [2.45, 2.75) is 31.2 Å². The maximum absolute atomic E-state index is 12.5. The molecule has 0 unspecified atom stereocenters. The van der Waals surface area contributed by atoms with Crippen LogP contribution in [0.2, 0.25) is 5.02 Å². The van der Waals surface area contributed by atoms with Gasteiger partial charge in [-0.05, 0) is 37.0 Å². The molecule has 1 saturated carbocycles. The fourth-order valence-corrected chi connectivity index (χ4v) is 4.11. The first-order valence-corrected chi connectivity index (χ1v) is 9.04. The number of hydrogen-bond donors (Lipinski definition) is 1. The van der Waals surface area contributed by atoms with E-state index in [0.29, 0.717) is 36.8 Å². The van der Waals surface area contributed by atoms with Gasteiger partial charge in [-0.2, -0.15) is 0 Å². The van der Waals surface area contributed by atoms with E-state index in [4.69, 9.17) is 22.8 Å². The van der Waals surface area contributed by atoms with Crippen LogP contribution < -0.4 is 9.80 Å². The molecule has 1 saturated heterocycles. The Labute approximate surface area is 157 Å². The molecule has 26 heavy (non-hydrogen) atoms. The average Bonchev–Trinajstić information content (AvgIpc) is 3.13. The molecule has 3 rings (SSSR count). The van der Waals surface area contributed by atoms with Gasteiger partial charge in [0.2, 0.25) is 0 Å². The summed E-state index contributed by atoms with van der Waals surface area (Å²) in [6, 6.07) is 5.16. The van der Waals surface area contributed by atoms with Crippen LogP contribution in [0.5, 0.6) is 0 Å². The molecule has 0 spiro atoms. The van der Waals surface area contributed by atoms with Gasteiger partial charge in [-0.3, -0.25) is 9.69 Å². The van der Waals surface area contributed by atoms with E-state index in [9.17, 15) is 14.7 Å². The molecule has 0 atom stereocenters. The van der Waals surface area contributed by atoms with Crippen LogP contribution in [0.1, 0.15) is 25.7 Å². The molecule has 0 aromatic heterocycles. The zero-order valence-electron chi connectivity index (χ0n) is 14.4. The van der Waals surface area contributed by atoms with Crippen LogP contribution in [-0.2, 0) is 14.3 Å². The molecule has 2 fully saturated rings. The molecule has 1 heterocycles. The van der Waals surface area contributed by atoms with Crippen LogP contribution in [0.3, 0.4) is 0 Å². The monoisotopic (exact) mass is 376 g/mol. The topological polar surface area (TPSA) is 70.1 Å². The van der Waals surface area contributed by atoms with Gasteiger partial charge >= 0.3 is 11.9 Å². The van der Waals surface area contributed by atoms with E-state index in [2.05, 4.69) is 10.8 Å². The van der Waals surface area contributed by atoms with Crippen LogP contribution in [-0.4, -0.2) is 48.8 Å². The lowest BCUT2D eigenvalue weighted by molar-refractivity contribution is -0.144. The zero-order valence-corrected chi connectivity index (χ0v) is 15.2. The number of benzene rings is 1. The summed E-state index contributed by atoms with van der Waals surface area (Å²) in [7, 11) is 0. The highest BCUT2D eigenvalue weighted by Crippen LogP contribution is 2.40. The third kappa shape index (κ3) is 3.25. The molecular weight excluding hydrogens is 356 g/mol. The Kier molecular flexibility index (Phi) is 5.40. The van der Waals surface area contributed by atoms with Gasteiger partial charge in [-0.1, -0.05) is 24.4 Å². The van der Waals surface area contributed by atoms with Gasteiger partial charge in [0, 0.05) is 18.8 Å². The molecule has 1 amide bonds. The van der Waals surface area contributed by atoms with Crippen LogP contribution in [0.15, 0.2) is 18.2 Å². The zero-order chi connectivity index (χ0) is 18.7. The predicted molar refractivity (Wildman–Crippen MR) is 99.6 cm³/mol. The second-order valence-corrected chi connectivity index (χ2v) is 6.97. The first-order chi connectivity index (χ1) is 12.5. The minimum absolute atomic E-state index is 0.374. The first-order valence-electron chi connectivity index (χ1n) is 8.66. The second kappa shape index (κ2) is 7.56. The van der Waals surface area contributed by atoms with Crippen molar-refractivity contribution in [3.63, 3.8) is 0 Å². The Hall–Kier alpha value is -2.23. The maximum Gasteiger partial charge on any atom is 0.330 e. The second-order valence-electron chi connectivity index (χ2n) is 6.56. The van der Waals surface area contributed by atoms with E-state index in [1.54, 1.807) is 12.1 Å². The largest absolute Gasteiger partial charge is 0.479 e. The summed E-state index contributed by atoms with van der Waals surface area (Å²) in [6.45, 7) is 2.71. The Morgan fingerprint density at radius 3 is 2.46 bits per heavy atom. The van der Waals surface area contributed by atoms with Gasteiger partial charge in [-0.25, -0.2) is 4.79 Å². The number of carbonyl (C=O) groups is 2. The third-order valence-electron chi connectivity index (χ3n) is 5.12. The van der Waals surface area contributed by atoms with E-state index in [1.807, 2.05) is 6.07 Å². The number of terminal acetylenes is 1. The molecule has 1 aromatic rings. The number of amides is 1. The van der Waals surface area contributed by atoms with E-state index in [1.165, 1.54) is 4.90 Å². The molecule has 1 aliphatic heterocycles. The summed E-state index contributed by atoms with van der Waals surface area (Å²) in [5.74, 6) is 0.373. The normalized spacial score (nSPS) is 19.0. The summed E-state index contributed by atoms with van der Waals surface area (Å²) < 4.78 is 5.35. The quantitative estimate of drug-likeness (QED) is 0.818. The highest BCUT2D eigenvalue weighted by molar-refractivity contribution is 6.33. The van der Waals surface area contributed by atoms with Crippen molar-refractivity contribution in [2.75, 3.05) is 36.1 Å². The third-order valence-corrected chi connectivity index (χ3v) is 5.43. The van der Waals surface area contributed by atoms with Crippen molar-refractivity contribution in [2.24, 2.45) is 0 Å². The lowest BCUT2D eigenvalue weighted by atomic mass is 9.94. The standard InChI is InChI=1S/C19H21ClN2O4/c1-2-17(23)22(19(18(24)25)7-3-4-8-19)14-5-6-16(15(20)13-14)21-9-11-26-12-10-21/h1,5-6,13H,3-4,7-12H2,(H,24,25). The Bertz CT molecular complexity index is 746. The van der Waals surface area contributed by atoms with Crippen molar-refractivity contribution in [3.8, 4) is 12.3 Å². The van der Waals surface area contributed by atoms with Crippen LogP contribution in [0, 0.1) is 12.3 Å². The number of carboxylic acid groups (broad SMARTS) is 1. The van der Waals surface area contributed by atoms with Crippen LogP contribution in [0.4, 0.5) is 11.4 Å². The van der Waals surface area contributed by atoms with E-state index in [-0.39, 0.29) is 0 Å². The summed E-state index contributed by atoms with van der Waals surface area (Å²) in [5, 5.41) is 10.3. The molecule has 138 valence electrons. The summed E-state index contributed by atoms with van der Waals surface area (Å²) in [4.78, 5) is 27.8. The summed E-state index contributed by atoms with van der Waals surface area (Å²) in [6.07, 6.45) is 7.55. The number of anilines is 2. The molecular formula is C19H21ClN2O4. The van der Waals surface area contributed by atoms with Crippen LogP contribution in [0.25, 0.3) is 0 Å². The molecule has 0 bridgehead atoms. The lowest BCUT2D eigenvalue weighted by Gasteiger charge is -2.37. The number of morpholine rings is 1. The fraction of sp³-hybridized carbons (Fsp3) is 0.474. The van der Waals surface area contributed by atoms with Gasteiger partial charge in [0.15, 0.2) is 0 Å². The molecule has 6 nitrogen and oxygen atoms in total. The highest BCUT2D eigenvalue weighted by atomic mass is 35.5. The van der Waals surface area contributed by atoms with Crippen molar-refractivity contribution in [1.82, 2.24) is 0 Å². The van der Waals surface area contributed by atoms with Gasteiger partial charge in [-0.15, -0.1) is 6.42 Å². The molecule has 1 aromatic carbocycles. The average molecular weight is 377 g/mol. The molecule has 2 aliphatic rings. The minimum atomic E-state index is -1.31. The summed E-state index contributed by atoms with van der Waals surface area (Å²) >= 11 is 6.47. The molecule has 1 aliphatic carbocycles. The van der Waals surface area contributed by atoms with Crippen LogP contribution >= 0.6 is 11.6 Å². The molecule has 1 N–H and O–H groups in total. The van der Waals surface area contributed by atoms with Crippen molar-refractivity contribution in [1.29, 1.82) is 0 Å². The fourth-order valence-electron chi connectivity index (χ4n) is 3.81. The van der Waals surface area contributed by atoms with Gasteiger partial charge < -0.3 is 14.7 Å². The molecule has 0 radical (unpaired) electrons. The number of aliphatic carboxylic acids is 1. The number of halogens is 1. The van der Waals surface area contributed by atoms with Gasteiger partial charge in [0.05, 0.1) is 23.9 Å². The number of ether oxygens (including phenoxy) is 1. The van der Waals surface area contributed by atoms with Gasteiger partial charge in [0.1, 0.15) is 5.54 Å². The predicted octanol–water partition coefficient (Wildman–Crippen LogP) is 2.54. The smallest absolute Gasteiger partial charge is 0.330 e. The Morgan fingerprint density at radius 2 is 1.92 bits per heavy atom. The number of hydrogen-bond acceptors (Lipinski definition) is 4.